The fourth-order valence-electron chi connectivity index (χ4n) is 2.91. The number of hydrogen-bond acceptors (Lipinski definition) is 8. The molecule has 0 aromatic heterocycles. The highest BCUT2D eigenvalue weighted by Gasteiger charge is 2.36. The monoisotopic (exact) mass is 437 g/mol. The van der Waals surface area contributed by atoms with E-state index in [4.69, 9.17) is 15.9 Å². The number of non-ortho nitro benzene ring substituents is 1. The maximum atomic E-state index is 12.7. The number of nitrogens with two attached hydrogens (primary N) is 1. The summed E-state index contributed by atoms with van der Waals surface area (Å²) >= 11 is 1.01. The third kappa shape index (κ3) is 5.49. The van der Waals surface area contributed by atoms with E-state index in [9.17, 15) is 20.2 Å². The molecule has 0 amide bonds. The van der Waals surface area contributed by atoms with Crippen LogP contribution in [0.2, 0.25) is 0 Å². The number of nitriles is 1. The number of halogens is 1. The van der Waals surface area contributed by atoms with Crippen LogP contribution < -0.4 is 11.1 Å². The number of carbonyl (C=O) groups is 1. The van der Waals surface area contributed by atoms with E-state index in [-0.39, 0.29) is 46.8 Å². The molecule has 1 aliphatic rings. The lowest BCUT2D eigenvalue weighted by Crippen LogP contribution is -2.31. The zero-order valence-corrected chi connectivity index (χ0v) is 17.4. The average molecular weight is 438 g/mol. The van der Waals surface area contributed by atoms with Gasteiger partial charge in [0.1, 0.15) is 0 Å². The van der Waals surface area contributed by atoms with Crippen LogP contribution in [0.4, 0.5) is 5.69 Å². The van der Waals surface area contributed by atoms with Crippen molar-refractivity contribution in [3.05, 3.63) is 62.5 Å². The Kier molecular flexibility index (Phi) is 8.69. The van der Waals surface area contributed by atoms with E-state index < -0.39 is 16.8 Å². The van der Waals surface area contributed by atoms with Crippen molar-refractivity contribution < 1.29 is 14.5 Å². The Balaban J connectivity index is 0.00000420. The quantitative estimate of drug-likeness (QED) is 0.201. The summed E-state index contributed by atoms with van der Waals surface area (Å²) in [5.74, 6) is -1.27. The van der Waals surface area contributed by atoms with Crippen molar-refractivity contribution in [2.24, 2.45) is 5.73 Å². The first-order valence-corrected chi connectivity index (χ1v) is 9.27. The Hall–Kier alpha value is -3.03. The summed E-state index contributed by atoms with van der Waals surface area (Å²) in [6.45, 7) is 3.47. The molecule has 0 spiro atoms. The van der Waals surface area contributed by atoms with Gasteiger partial charge in [0.05, 0.1) is 34.7 Å². The first kappa shape index (κ1) is 24.0. The maximum Gasteiger partial charge on any atom is 0.336 e. The number of ether oxygens (including phenoxy) is 1. The predicted octanol–water partition coefficient (Wildman–Crippen LogP) is 2.94. The van der Waals surface area contributed by atoms with Gasteiger partial charge in [-0.25, -0.2) is 4.79 Å². The minimum Gasteiger partial charge on any atom is -0.463 e. The minimum atomic E-state index is -0.826. The van der Waals surface area contributed by atoms with E-state index in [2.05, 4.69) is 11.4 Å². The lowest BCUT2D eigenvalue weighted by molar-refractivity contribution is -0.384. The molecule has 0 saturated carbocycles. The fourth-order valence-corrected chi connectivity index (χ4v) is 3.44. The van der Waals surface area contributed by atoms with Gasteiger partial charge >= 0.3 is 5.97 Å². The number of nitro groups is 1. The van der Waals surface area contributed by atoms with Crippen molar-refractivity contribution in [3.63, 3.8) is 0 Å². The molecule has 4 N–H and O–H groups in total. The van der Waals surface area contributed by atoms with Gasteiger partial charge in [0.2, 0.25) is 0 Å². The van der Waals surface area contributed by atoms with Gasteiger partial charge in [-0.1, -0.05) is 23.9 Å². The van der Waals surface area contributed by atoms with E-state index in [1.165, 1.54) is 18.2 Å². The molecule has 11 heteroatoms. The zero-order valence-electron chi connectivity index (χ0n) is 15.7. The summed E-state index contributed by atoms with van der Waals surface area (Å²) in [6.07, 6.45) is 0. The van der Waals surface area contributed by atoms with Crippen LogP contribution in [0.25, 0.3) is 0 Å². The molecule has 0 aliphatic carbocycles. The summed E-state index contributed by atoms with van der Waals surface area (Å²) in [5, 5.41) is 31.2. The Morgan fingerprint density at radius 3 is 2.76 bits per heavy atom. The van der Waals surface area contributed by atoms with E-state index in [1.54, 1.807) is 19.9 Å². The zero-order chi connectivity index (χ0) is 20.8. The van der Waals surface area contributed by atoms with Gasteiger partial charge in [-0.15, -0.1) is 12.4 Å². The second-order valence-electron chi connectivity index (χ2n) is 5.83. The number of rotatable bonds is 6. The lowest BCUT2D eigenvalue weighted by Gasteiger charge is -2.29. The summed E-state index contributed by atoms with van der Waals surface area (Å²) in [5.41, 5.74) is 7.12. The highest BCUT2D eigenvalue weighted by atomic mass is 35.5. The standard InChI is InChI=1S/C18H19N5O4S.ClH/c1-3-27-17(24)16-14(9-28-18(20)21)22-10(2)13(8-19)15(16)11-5-4-6-12(7-11)23(25)26;/h4-7,15,22H,3,9H2,1-2H3,(H3,20,21);1H. The molecule has 0 radical (unpaired) electrons. The highest BCUT2D eigenvalue weighted by molar-refractivity contribution is 8.13. The van der Waals surface area contributed by atoms with Gasteiger partial charge in [0.15, 0.2) is 5.17 Å². The average Bonchev–Trinajstić information content (AvgIpc) is 2.65. The number of carbonyl (C=O) groups excluding carboxylic acids is 1. The summed E-state index contributed by atoms with van der Waals surface area (Å²) in [6, 6.07) is 7.91. The third-order valence-electron chi connectivity index (χ3n) is 4.05. The van der Waals surface area contributed by atoms with E-state index in [0.29, 0.717) is 17.0 Å². The van der Waals surface area contributed by atoms with Crippen LogP contribution in [-0.4, -0.2) is 28.4 Å². The topological polar surface area (TPSA) is 155 Å². The Labute approximate surface area is 178 Å². The van der Waals surface area contributed by atoms with Crippen molar-refractivity contribution in [3.8, 4) is 6.07 Å². The molecule has 154 valence electrons. The molecule has 1 unspecified atom stereocenters. The van der Waals surface area contributed by atoms with Crippen molar-refractivity contribution in [2.45, 2.75) is 19.8 Å². The van der Waals surface area contributed by atoms with Crippen molar-refractivity contribution >= 4 is 41.0 Å². The number of thioether (sulfide) groups is 1. The van der Waals surface area contributed by atoms with Crippen LogP contribution in [-0.2, 0) is 9.53 Å². The van der Waals surface area contributed by atoms with Crippen LogP contribution in [0.5, 0.6) is 0 Å². The number of nitrogens with one attached hydrogen (secondary N) is 2. The number of amidine groups is 1. The Morgan fingerprint density at radius 2 is 2.21 bits per heavy atom. The van der Waals surface area contributed by atoms with E-state index in [0.717, 1.165) is 11.8 Å². The molecule has 1 aliphatic heterocycles. The number of nitrogens with zero attached hydrogens (tertiary/aromatic N) is 2. The second kappa shape index (κ2) is 10.5. The molecule has 0 bridgehead atoms. The van der Waals surface area contributed by atoms with Crippen molar-refractivity contribution in [1.82, 2.24) is 5.32 Å². The number of dihydropyridines is 1. The number of benzene rings is 1. The number of allylic oxidation sites excluding steroid dienone is 2. The van der Waals surface area contributed by atoms with Gasteiger partial charge < -0.3 is 15.8 Å². The second-order valence-corrected chi connectivity index (χ2v) is 6.84. The molecule has 9 nitrogen and oxygen atoms in total. The maximum absolute atomic E-state index is 12.7. The lowest BCUT2D eigenvalue weighted by atomic mass is 9.81. The summed E-state index contributed by atoms with van der Waals surface area (Å²) in [7, 11) is 0. The Bertz CT molecular complexity index is 938. The normalized spacial score (nSPS) is 15.7. The SMILES string of the molecule is CCOC(=O)C1=C(CSC(=N)N)NC(C)=C(C#N)C1c1cccc([N+](=O)[O-])c1.Cl. The van der Waals surface area contributed by atoms with Crippen molar-refractivity contribution in [2.75, 3.05) is 12.4 Å². The first-order chi connectivity index (χ1) is 13.3. The van der Waals surface area contributed by atoms with Gasteiger partial charge in [-0.2, -0.15) is 5.26 Å². The van der Waals surface area contributed by atoms with Crippen LogP contribution in [0, 0.1) is 26.9 Å². The van der Waals surface area contributed by atoms with Gasteiger partial charge in [-0.05, 0) is 19.4 Å². The largest absolute Gasteiger partial charge is 0.463 e. The molecule has 1 aromatic rings. The molecule has 0 saturated heterocycles. The highest BCUT2D eigenvalue weighted by Crippen LogP contribution is 2.39. The number of nitro benzene ring substituents is 1. The predicted molar refractivity (Wildman–Crippen MR) is 113 cm³/mol. The molecule has 1 aromatic carbocycles. The molecule has 2 rings (SSSR count). The molecule has 29 heavy (non-hydrogen) atoms. The van der Waals surface area contributed by atoms with Crippen LogP contribution >= 0.6 is 24.2 Å². The van der Waals surface area contributed by atoms with Crippen LogP contribution in [0.1, 0.15) is 25.3 Å². The van der Waals surface area contributed by atoms with Gasteiger partial charge in [-0.3, -0.25) is 15.5 Å². The molecule has 0 fully saturated rings. The summed E-state index contributed by atoms with van der Waals surface area (Å²) < 4.78 is 5.18. The van der Waals surface area contributed by atoms with E-state index >= 15 is 0 Å². The fraction of sp³-hybridized carbons (Fsp3) is 0.278. The van der Waals surface area contributed by atoms with Gasteiger partial charge in [0.25, 0.3) is 5.69 Å². The van der Waals surface area contributed by atoms with Crippen molar-refractivity contribution in [1.29, 1.82) is 10.7 Å². The minimum absolute atomic E-state index is 0. The Morgan fingerprint density at radius 1 is 1.52 bits per heavy atom. The molecule has 1 atom stereocenters. The third-order valence-corrected chi connectivity index (χ3v) is 4.79. The summed E-state index contributed by atoms with van der Waals surface area (Å²) in [4.78, 5) is 23.4. The first-order valence-electron chi connectivity index (χ1n) is 8.29. The molecular formula is C18H20ClN5O4S. The smallest absolute Gasteiger partial charge is 0.336 e. The number of esters is 1. The molecular weight excluding hydrogens is 418 g/mol. The van der Waals surface area contributed by atoms with E-state index in [1.807, 2.05) is 0 Å². The van der Waals surface area contributed by atoms with Crippen LogP contribution in [0.15, 0.2) is 46.8 Å². The molecule has 1 heterocycles. The van der Waals surface area contributed by atoms with Gasteiger partial charge in [0, 0.05) is 29.3 Å². The number of hydrogen-bond donors (Lipinski definition) is 3. The van der Waals surface area contributed by atoms with Crippen LogP contribution in [0.3, 0.4) is 0 Å².